The number of hydrogen-bond acceptors (Lipinski definition) is 3. The van der Waals surface area contributed by atoms with Gasteiger partial charge in [0.15, 0.2) is 0 Å². The van der Waals surface area contributed by atoms with E-state index in [9.17, 15) is 4.79 Å². The molecule has 0 aromatic rings. The summed E-state index contributed by atoms with van der Waals surface area (Å²) in [7, 11) is 1.79. The highest BCUT2D eigenvalue weighted by Gasteiger charge is 2.57. The van der Waals surface area contributed by atoms with E-state index in [1.165, 1.54) is 12.8 Å². The molecule has 3 rings (SSSR count). The van der Waals surface area contributed by atoms with E-state index in [4.69, 9.17) is 9.47 Å². The molecule has 1 aliphatic carbocycles. The Morgan fingerprint density at radius 2 is 2.05 bits per heavy atom. The van der Waals surface area contributed by atoms with Crippen LogP contribution >= 0.6 is 0 Å². The molecule has 0 amide bonds. The Labute approximate surface area is 115 Å². The largest absolute Gasteiger partial charge is 0.381 e. The van der Waals surface area contributed by atoms with Crippen LogP contribution in [0.3, 0.4) is 0 Å². The minimum absolute atomic E-state index is 0.00791. The summed E-state index contributed by atoms with van der Waals surface area (Å²) in [5, 5.41) is 0. The van der Waals surface area contributed by atoms with Crippen LogP contribution in [-0.4, -0.2) is 30.7 Å². The van der Waals surface area contributed by atoms with Crippen molar-refractivity contribution in [3.63, 3.8) is 0 Å². The molecular formula is C16H24O3. The maximum Gasteiger partial charge on any atom is 0.144 e. The van der Waals surface area contributed by atoms with Crippen LogP contribution in [0.2, 0.25) is 0 Å². The predicted molar refractivity (Wildman–Crippen MR) is 72.8 cm³/mol. The van der Waals surface area contributed by atoms with Crippen molar-refractivity contribution in [1.29, 1.82) is 0 Å². The van der Waals surface area contributed by atoms with Crippen LogP contribution in [0.25, 0.3) is 0 Å². The fourth-order valence-corrected chi connectivity index (χ4v) is 4.28. The third-order valence-electron chi connectivity index (χ3n) is 5.52. The van der Waals surface area contributed by atoms with Crippen LogP contribution in [0, 0.1) is 17.8 Å². The number of carbonyl (C=O) groups is 1. The van der Waals surface area contributed by atoms with Crippen molar-refractivity contribution in [2.24, 2.45) is 17.8 Å². The van der Waals surface area contributed by atoms with Gasteiger partial charge in [0.1, 0.15) is 11.4 Å². The Bertz CT molecular complexity index is 403. The van der Waals surface area contributed by atoms with Crippen molar-refractivity contribution < 1.29 is 14.3 Å². The molecule has 0 N–H and O–H groups in total. The topological polar surface area (TPSA) is 35.5 Å². The van der Waals surface area contributed by atoms with Gasteiger partial charge in [-0.1, -0.05) is 38.8 Å². The summed E-state index contributed by atoms with van der Waals surface area (Å²) >= 11 is 0. The lowest BCUT2D eigenvalue weighted by molar-refractivity contribution is -0.184. The maximum absolute atomic E-state index is 12.5. The number of methoxy groups -OCH3 is 1. The van der Waals surface area contributed by atoms with E-state index in [1.54, 1.807) is 7.11 Å². The highest BCUT2D eigenvalue weighted by molar-refractivity contribution is 5.86. The molecule has 3 heteroatoms. The average Bonchev–Trinajstić information content (AvgIpc) is 2.87. The molecule has 3 aliphatic rings. The Hall–Kier alpha value is -0.670. The summed E-state index contributed by atoms with van der Waals surface area (Å²) in [6.45, 7) is 4.02. The lowest BCUT2D eigenvalue weighted by Crippen LogP contribution is -2.57. The maximum atomic E-state index is 12.5. The standard InChI is InChI=1S/C16H24O3/c1-10-13-8-9-16(19-13,11(2)15(10)17)12-6-4-5-7-14(12)18-3/h8-14H,4-7H2,1-3H3/t10-,11-,12+,13+,14+,16-/m0/s1. The number of fused-ring (bicyclic) bond motifs is 2. The SMILES string of the molecule is CO[C@@H]1CCCC[C@H]1[C@@]12C=C[C@@H](O1)[C@H](C)C(=O)[C@@H]2C. The highest BCUT2D eigenvalue weighted by atomic mass is 16.5. The number of ether oxygens (including phenoxy) is 2. The van der Waals surface area contributed by atoms with Crippen LogP contribution in [0.4, 0.5) is 0 Å². The van der Waals surface area contributed by atoms with Gasteiger partial charge >= 0.3 is 0 Å². The lowest BCUT2D eigenvalue weighted by Gasteiger charge is -2.49. The molecule has 0 radical (unpaired) electrons. The van der Waals surface area contributed by atoms with Crippen molar-refractivity contribution in [3.8, 4) is 0 Å². The Balaban J connectivity index is 1.94. The zero-order valence-electron chi connectivity index (χ0n) is 12.1. The second kappa shape index (κ2) is 4.71. The van der Waals surface area contributed by atoms with Crippen molar-refractivity contribution in [1.82, 2.24) is 0 Å². The zero-order valence-corrected chi connectivity index (χ0v) is 12.1. The Morgan fingerprint density at radius 3 is 2.79 bits per heavy atom. The van der Waals surface area contributed by atoms with E-state index in [2.05, 4.69) is 12.2 Å². The van der Waals surface area contributed by atoms with Gasteiger partial charge in [-0.05, 0) is 12.8 Å². The Kier molecular flexibility index (Phi) is 3.30. The van der Waals surface area contributed by atoms with Gasteiger partial charge in [-0.15, -0.1) is 0 Å². The van der Waals surface area contributed by atoms with Crippen LogP contribution in [0.5, 0.6) is 0 Å². The first-order valence-electron chi connectivity index (χ1n) is 7.54. The lowest BCUT2D eigenvalue weighted by atomic mass is 9.67. The van der Waals surface area contributed by atoms with Gasteiger partial charge in [0.2, 0.25) is 0 Å². The first-order valence-corrected chi connectivity index (χ1v) is 7.54. The van der Waals surface area contributed by atoms with E-state index in [-0.39, 0.29) is 24.0 Å². The van der Waals surface area contributed by atoms with Gasteiger partial charge in [-0.25, -0.2) is 0 Å². The van der Waals surface area contributed by atoms with Crippen molar-refractivity contribution in [2.75, 3.05) is 7.11 Å². The minimum Gasteiger partial charge on any atom is -0.381 e. The summed E-state index contributed by atoms with van der Waals surface area (Å²) in [4.78, 5) is 12.5. The quantitative estimate of drug-likeness (QED) is 0.719. The molecule has 0 unspecified atom stereocenters. The average molecular weight is 264 g/mol. The second-order valence-electron chi connectivity index (χ2n) is 6.37. The second-order valence-corrected chi connectivity index (χ2v) is 6.37. The van der Waals surface area contributed by atoms with Gasteiger partial charge in [0.05, 0.1) is 12.2 Å². The summed E-state index contributed by atoms with van der Waals surface area (Å²) in [6.07, 6.45) is 9.09. The molecule has 0 spiro atoms. The summed E-state index contributed by atoms with van der Waals surface area (Å²) in [5.74, 6) is 0.602. The normalized spacial score (nSPS) is 49.6. The predicted octanol–water partition coefficient (Wildman–Crippen LogP) is 2.74. The number of carbonyl (C=O) groups excluding carboxylic acids is 1. The molecule has 2 heterocycles. The van der Waals surface area contributed by atoms with Gasteiger partial charge in [0, 0.05) is 24.9 Å². The molecule has 3 nitrogen and oxygen atoms in total. The zero-order chi connectivity index (χ0) is 13.6. The molecule has 1 saturated heterocycles. The first kappa shape index (κ1) is 13.3. The molecule has 2 aliphatic heterocycles. The molecule has 106 valence electrons. The molecule has 0 aromatic carbocycles. The van der Waals surface area contributed by atoms with E-state index >= 15 is 0 Å². The molecule has 2 bridgehead atoms. The van der Waals surface area contributed by atoms with Crippen LogP contribution in [0.1, 0.15) is 39.5 Å². The number of ketones is 1. The molecule has 6 atom stereocenters. The van der Waals surface area contributed by atoms with E-state index in [0.29, 0.717) is 11.7 Å². The highest BCUT2D eigenvalue weighted by Crippen LogP contribution is 2.50. The summed E-state index contributed by atoms with van der Waals surface area (Å²) < 4.78 is 12.0. The monoisotopic (exact) mass is 264 g/mol. The molecule has 2 fully saturated rings. The summed E-state index contributed by atoms with van der Waals surface area (Å²) in [5.41, 5.74) is -0.407. The van der Waals surface area contributed by atoms with Crippen LogP contribution in [-0.2, 0) is 14.3 Å². The fourth-order valence-electron chi connectivity index (χ4n) is 4.28. The minimum atomic E-state index is -0.407. The molecular weight excluding hydrogens is 240 g/mol. The third kappa shape index (κ3) is 1.82. The van der Waals surface area contributed by atoms with E-state index < -0.39 is 5.60 Å². The first-order chi connectivity index (χ1) is 9.10. The Morgan fingerprint density at radius 1 is 1.32 bits per heavy atom. The van der Waals surface area contributed by atoms with Gasteiger partial charge in [0.25, 0.3) is 0 Å². The molecule has 19 heavy (non-hydrogen) atoms. The summed E-state index contributed by atoms with van der Waals surface area (Å²) in [6, 6.07) is 0. The van der Waals surface area contributed by atoms with E-state index in [0.717, 1.165) is 12.8 Å². The fraction of sp³-hybridized carbons (Fsp3) is 0.812. The molecule has 1 saturated carbocycles. The van der Waals surface area contributed by atoms with Crippen LogP contribution in [0.15, 0.2) is 12.2 Å². The van der Waals surface area contributed by atoms with Gasteiger partial charge in [-0.2, -0.15) is 0 Å². The molecule has 0 aromatic heterocycles. The van der Waals surface area contributed by atoms with Crippen LogP contribution < -0.4 is 0 Å². The number of Topliss-reactive ketones (excluding diaryl/α,β-unsaturated/α-hetero) is 1. The van der Waals surface area contributed by atoms with Crippen molar-refractivity contribution in [2.45, 2.75) is 57.3 Å². The number of rotatable bonds is 2. The number of hydrogen-bond donors (Lipinski definition) is 0. The van der Waals surface area contributed by atoms with Gasteiger partial charge in [-0.3, -0.25) is 4.79 Å². The van der Waals surface area contributed by atoms with Gasteiger partial charge < -0.3 is 9.47 Å². The van der Waals surface area contributed by atoms with Crippen molar-refractivity contribution in [3.05, 3.63) is 12.2 Å². The third-order valence-corrected chi connectivity index (χ3v) is 5.52. The van der Waals surface area contributed by atoms with E-state index in [1.807, 2.05) is 13.8 Å². The smallest absolute Gasteiger partial charge is 0.144 e. The van der Waals surface area contributed by atoms with Crippen molar-refractivity contribution >= 4 is 5.78 Å².